The van der Waals surface area contributed by atoms with E-state index < -0.39 is 15.6 Å². The summed E-state index contributed by atoms with van der Waals surface area (Å²) >= 11 is 4.45. The molecule has 0 atom stereocenters. The molecule has 118 valence electrons. The minimum absolute atomic E-state index is 0.154. The molecule has 1 aliphatic heterocycles. The van der Waals surface area contributed by atoms with Crippen LogP contribution in [0, 0.1) is 0 Å². The number of carbonyl (C=O) groups is 1. The van der Waals surface area contributed by atoms with Gasteiger partial charge in [0, 0.05) is 26.2 Å². The fraction of sp³-hybridized carbons (Fsp3) is 0.583. The molecular formula is C12H18BrN3O3S2. The van der Waals surface area contributed by atoms with Gasteiger partial charge in [-0.05, 0) is 41.9 Å². The Morgan fingerprint density at radius 2 is 1.86 bits per heavy atom. The lowest BCUT2D eigenvalue weighted by Crippen LogP contribution is -2.57. The molecule has 1 fully saturated rings. The third-order valence-electron chi connectivity index (χ3n) is 3.22. The zero-order valence-electron chi connectivity index (χ0n) is 11.9. The number of nitrogens with two attached hydrogens (primary N) is 1. The highest BCUT2D eigenvalue weighted by molar-refractivity contribution is 9.11. The number of carbonyl (C=O) groups excluding carboxylic acids is 1. The third-order valence-corrected chi connectivity index (χ3v) is 7.21. The lowest BCUT2D eigenvalue weighted by molar-refractivity contribution is -0.137. The molecule has 0 spiro atoms. The molecule has 1 saturated heterocycles. The first-order valence-electron chi connectivity index (χ1n) is 6.46. The molecule has 21 heavy (non-hydrogen) atoms. The van der Waals surface area contributed by atoms with Crippen molar-refractivity contribution < 1.29 is 13.2 Å². The maximum atomic E-state index is 12.5. The Morgan fingerprint density at radius 1 is 1.29 bits per heavy atom. The fourth-order valence-corrected chi connectivity index (χ4v) is 5.69. The normalized spacial score (nSPS) is 18.0. The fourth-order valence-electron chi connectivity index (χ4n) is 2.10. The van der Waals surface area contributed by atoms with Crippen molar-refractivity contribution in [3.05, 3.63) is 15.9 Å². The Kier molecular flexibility index (Phi) is 4.79. The van der Waals surface area contributed by atoms with E-state index in [4.69, 9.17) is 5.73 Å². The smallest absolute Gasteiger partial charge is 0.252 e. The Hall–Kier alpha value is -0.480. The SMILES string of the molecule is CC(C)(N)C(=O)N1CCN(S(=O)(=O)c2ccc(Br)s2)CC1. The summed E-state index contributed by atoms with van der Waals surface area (Å²) in [5, 5.41) is 0. The molecule has 0 bridgehead atoms. The number of hydrogen-bond donors (Lipinski definition) is 1. The van der Waals surface area contributed by atoms with E-state index in [1.165, 1.54) is 15.6 Å². The number of sulfonamides is 1. The van der Waals surface area contributed by atoms with Gasteiger partial charge in [0.15, 0.2) is 0 Å². The summed E-state index contributed by atoms with van der Waals surface area (Å²) in [6.45, 7) is 4.62. The highest BCUT2D eigenvalue weighted by Gasteiger charge is 2.34. The molecule has 0 saturated carbocycles. The van der Waals surface area contributed by atoms with E-state index in [2.05, 4.69) is 15.9 Å². The number of nitrogens with zero attached hydrogens (tertiary/aromatic N) is 2. The molecule has 2 heterocycles. The maximum absolute atomic E-state index is 12.5. The molecular weight excluding hydrogens is 378 g/mol. The molecule has 6 nitrogen and oxygen atoms in total. The Balaban J connectivity index is 2.06. The first kappa shape index (κ1) is 16.9. The van der Waals surface area contributed by atoms with Crippen LogP contribution in [0.4, 0.5) is 0 Å². The van der Waals surface area contributed by atoms with Gasteiger partial charge >= 0.3 is 0 Å². The number of piperazine rings is 1. The zero-order chi connectivity index (χ0) is 15.8. The van der Waals surface area contributed by atoms with Crippen LogP contribution in [-0.2, 0) is 14.8 Å². The van der Waals surface area contributed by atoms with Gasteiger partial charge in [0.25, 0.3) is 10.0 Å². The Labute approximate surface area is 137 Å². The molecule has 1 aromatic heterocycles. The molecule has 1 aromatic rings. The van der Waals surface area contributed by atoms with E-state index in [-0.39, 0.29) is 5.91 Å². The summed E-state index contributed by atoms with van der Waals surface area (Å²) in [5.74, 6) is -0.154. The predicted molar refractivity (Wildman–Crippen MR) is 85.6 cm³/mol. The van der Waals surface area contributed by atoms with Crippen molar-refractivity contribution in [3.63, 3.8) is 0 Å². The van der Waals surface area contributed by atoms with E-state index in [0.717, 1.165) is 3.79 Å². The van der Waals surface area contributed by atoms with Crippen LogP contribution in [-0.4, -0.2) is 55.2 Å². The molecule has 2 N–H and O–H groups in total. The average Bonchev–Trinajstić information content (AvgIpc) is 2.84. The zero-order valence-corrected chi connectivity index (χ0v) is 15.1. The van der Waals surface area contributed by atoms with Crippen molar-refractivity contribution in [2.75, 3.05) is 26.2 Å². The van der Waals surface area contributed by atoms with Crippen LogP contribution >= 0.6 is 27.3 Å². The summed E-state index contributed by atoms with van der Waals surface area (Å²) in [7, 11) is -3.47. The summed E-state index contributed by atoms with van der Waals surface area (Å²) in [4.78, 5) is 13.7. The number of rotatable bonds is 3. The number of amides is 1. The molecule has 1 aliphatic rings. The maximum Gasteiger partial charge on any atom is 0.252 e. The molecule has 9 heteroatoms. The summed E-state index contributed by atoms with van der Waals surface area (Å²) in [6.07, 6.45) is 0. The summed E-state index contributed by atoms with van der Waals surface area (Å²) in [6, 6.07) is 3.30. The van der Waals surface area contributed by atoms with Crippen molar-refractivity contribution in [2.24, 2.45) is 5.73 Å². The van der Waals surface area contributed by atoms with Gasteiger partial charge in [0.1, 0.15) is 4.21 Å². The highest BCUT2D eigenvalue weighted by atomic mass is 79.9. The van der Waals surface area contributed by atoms with Gasteiger partial charge in [-0.25, -0.2) is 8.42 Å². The first-order valence-corrected chi connectivity index (χ1v) is 9.51. The van der Waals surface area contributed by atoms with Gasteiger partial charge in [-0.1, -0.05) is 0 Å². The van der Waals surface area contributed by atoms with Crippen LogP contribution in [0.25, 0.3) is 0 Å². The first-order chi connectivity index (χ1) is 9.62. The largest absolute Gasteiger partial charge is 0.338 e. The number of hydrogen-bond acceptors (Lipinski definition) is 5. The number of halogens is 1. The Morgan fingerprint density at radius 3 is 2.29 bits per heavy atom. The highest BCUT2D eigenvalue weighted by Crippen LogP contribution is 2.29. The number of thiophene rings is 1. The lowest BCUT2D eigenvalue weighted by Gasteiger charge is -2.36. The van der Waals surface area contributed by atoms with E-state index in [9.17, 15) is 13.2 Å². The van der Waals surface area contributed by atoms with Gasteiger partial charge in [-0.15, -0.1) is 11.3 Å². The van der Waals surface area contributed by atoms with Gasteiger partial charge in [0.05, 0.1) is 9.33 Å². The van der Waals surface area contributed by atoms with E-state index in [1.807, 2.05) is 0 Å². The summed E-state index contributed by atoms with van der Waals surface area (Å²) < 4.78 is 27.4. The average molecular weight is 396 g/mol. The van der Waals surface area contributed by atoms with Gasteiger partial charge < -0.3 is 10.6 Å². The van der Waals surface area contributed by atoms with Crippen LogP contribution < -0.4 is 5.73 Å². The second-order valence-corrected chi connectivity index (χ2v) is 10.1. The molecule has 0 unspecified atom stereocenters. The molecule has 0 aliphatic carbocycles. The van der Waals surface area contributed by atoms with Crippen LogP contribution in [0.15, 0.2) is 20.1 Å². The third kappa shape index (κ3) is 3.65. The predicted octanol–water partition coefficient (Wildman–Crippen LogP) is 1.08. The minimum Gasteiger partial charge on any atom is -0.338 e. The van der Waals surface area contributed by atoms with Crippen molar-refractivity contribution in [1.82, 2.24) is 9.21 Å². The topological polar surface area (TPSA) is 83.7 Å². The van der Waals surface area contributed by atoms with Crippen LogP contribution in [0.1, 0.15) is 13.8 Å². The van der Waals surface area contributed by atoms with Gasteiger partial charge in [-0.2, -0.15) is 4.31 Å². The molecule has 2 rings (SSSR count). The quantitative estimate of drug-likeness (QED) is 0.829. The second-order valence-electron chi connectivity index (χ2n) is 5.48. The molecule has 0 aromatic carbocycles. The summed E-state index contributed by atoms with van der Waals surface area (Å²) in [5.41, 5.74) is 4.87. The second kappa shape index (κ2) is 5.96. The van der Waals surface area contributed by atoms with Gasteiger partial charge in [-0.3, -0.25) is 4.79 Å². The van der Waals surface area contributed by atoms with Crippen molar-refractivity contribution in [1.29, 1.82) is 0 Å². The van der Waals surface area contributed by atoms with Crippen LogP contribution in [0.3, 0.4) is 0 Å². The van der Waals surface area contributed by atoms with Crippen molar-refractivity contribution >= 4 is 43.2 Å². The van der Waals surface area contributed by atoms with Crippen LogP contribution in [0.2, 0.25) is 0 Å². The lowest BCUT2D eigenvalue weighted by atomic mass is 10.1. The minimum atomic E-state index is -3.47. The van der Waals surface area contributed by atoms with Crippen LogP contribution in [0.5, 0.6) is 0 Å². The van der Waals surface area contributed by atoms with Crippen molar-refractivity contribution in [3.8, 4) is 0 Å². The van der Waals surface area contributed by atoms with Crippen molar-refractivity contribution in [2.45, 2.75) is 23.6 Å². The standard InChI is InChI=1S/C12H18BrN3O3S2/c1-12(2,14)11(17)15-5-7-16(8-6-15)21(18,19)10-4-3-9(13)20-10/h3-4H,5-8,14H2,1-2H3. The van der Waals surface area contributed by atoms with E-state index >= 15 is 0 Å². The van der Waals surface area contributed by atoms with E-state index in [1.54, 1.807) is 30.9 Å². The van der Waals surface area contributed by atoms with Gasteiger partial charge in [0.2, 0.25) is 5.91 Å². The molecule has 0 radical (unpaired) electrons. The molecule has 1 amide bonds. The Bertz CT molecular complexity index is 628. The van der Waals surface area contributed by atoms with E-state index in [0.29, 0.717) is 30.4 Å². The monoisotopic (exact) mass is 395 g/mol.